The maximum absolute atomic E-state index is 12.2. The Kier molecular flexibility index (Phi) is 9.02. The normalized spacial score (nSPS) is 13.1. The second kappa shape index (κ2) is 10.5. The molecule has 1 aromatic carbocycles. The summed E-state index contributed by atoms with van der Waals surface area (Å²) in [4.78, 5) is 2.08. The van der Waals surface area contributed by atoms with Gasteiger partial charge in [0.25, 0.3) is 0 Å². The summed E-state index contributed by atoms with van der Waals surface area (Å²) in [5.74, 6) is 0.863. The monoisotopic (exact) mass is 364 g/mol. The molecule has 1 aromatic rings. The van der Waals surface area contributed by atoms with E-state index in [1.807, 2.05) is 13.8 Å². The average Bonchev–Trinajstić information content (AvgIpc) is 2.57. The summed E-state index contributed by atoms with van der Waals surface area (Å²) >= 11 is 0. The molecule has 0 aliphatic carbocycles. The quantitative estimate of drug-likeness (QED) is 0.632. The van der Waals surface area contributed by atoms with E-state index in [1.54, 1.807) is 18.2 Å². The molecule has 0 aromatic heterocycles. The molecule has 1 rings (SSSR count). The molecule has 0 spiro atoms. The van der Waals surface area contributed by atoms with Crippen molar-refractivity contribution in [1.82, 2.24) is 10.2 Å². The van der Waals surface area contributed by atoms with Gasteiger partial charge >= 0.3 is 6.18 Å². The number of aliphatic hydroxyl groups excluding tert-OH is 1. The standard InChI is InChI=1S/C17H27F3N2O3/c1-4-22(5-2)10-14(23)11-25-15-7-6-13(8-16(15)24-3)9-21-12-17(18,19)20/h6-8,14,21,23H,4-5,9-12H2,1-3H3. The molecule has 0 radical (unpaired) electrons. The van der Waals surface area contributed by atoms with Gasteiger partial charge in [0, 0.05) is 13.1 Å². The molecule has 0 heterocycles. The minimum atomic E-state index is -4.24. The van der Waals surface area contributed by atoms with Gasteiger partial charge in [-0.05, 0) is 30.8 Å². The van der Waals surface area contributed by atoms with Gasteiger partial charge < -0.3 is 24.8 Å². The third kappa shape index (κ3) is 8.42. The first kappa shape index (κ1) is 21.5. The molecule has 2 N–H and O–H groups in total. The summed E-state index contributed by atoms with van der Waals surface area (Å²) in [6.07, 6.45) is -4.88. The van der Waals surface area contributed by atoms with Crippen LogP contribution in [-0.4, -0.2) is 62.2 Å². The van der Waals surface area contributed by atoms with Crippen LogP contribution in [0, 0.1) is 0 Å². The Morgan fingerprint density at radius 2 is 1.88 bits per heavy atom. The zero-order valence-corrected chi connectivity index (χ0v) is 14.9. The lowest BCUT2D eigenvalue weighted by Crippen LogP contribution is -2.35. The SMILES string of the molecule is CCN(CC)CC(O)COc1ccc(CNCC(F)(F)F)cc1OC. The predicted molar refractivity (Wildman–Crippen MR) is 90.0 cm³/mol. The number of aliphatic hydroxyl groups is 1. The van der Waals surface area contributed by atoms with Crippen molar-refractivity contribution < 1.29 is 27.8 Å². The van der Waals surface area contributed by atoms with Crippen molar-refractivity contribution in [3.8, 4) is 11.5 Å². The minimum absolute atomic E-state index is 0.0702. The maximum atomic E-state index is 12.2. The van der Waals surface area contributed by atoms with Gasteiger partial charge in [-0.25, -0.2) is 0 Å². The Labute approximate surface area is 146 Å². The Morgan fingerprint density at radius 3 is 2.44 bits per heavy atom. The molecule has 0 bridgehead atoms. The van der Waals surface area contributed by atoms with Gasteiger partial charge in [0.15, 0.2) is 11.5 Å². The van der Waals surface area contributed by atoms with Crippen LogP contribution in [-0.2, 0) is 6.54 Å². The van der Waals surface area contributed by atoms with Crippen LogP contribution < -0.4 is 14.8 Å². The first-order chi connectivity index (χ1) is 11.8. The van der Waals surface area contributed by atoms with Crippen molar-refractivity contribution in [3.05, 3.63) is 23.8 Å². The van der Waals surface area contributed by atoms with Crippen molar-refractivity contribution in [2.45, 2.75) is 32.7 Å². The van der Waals surface area contributed by atoms with E-state index in [-0.39, 0.29) is 13.2 Å². The van der Waals surface area contributed by atoms with E-state index >= 15 is 0 Å². The summed E-state index contributed by atoms with van der Waals surface area (Å²) in [6, 6.07) is 4.92. The lowest BCUT2D eigenvalue weighted by atomic mass is 10.2. The van der Waals surface area contributed by atoms with Crippen LogP contribution in [0.3, 0.4) is 0 Å². The van der Waals surface area contributed by atoms with Gasteiger partial charge in [0.05, 0.1) is 13.7 Å². The highest BCUT2D eigenvalue weighted by atomic mass is 19.4. The van der Waals surface area contributed by atoms with Crippen LogP contribution in [0.2, 0.25) is 0 Å². The molecule has 5 nitrogen and oxygen atoms in total. The molecule has 1 unspecified atom stereocenters. The lowest BCUT2D eigenvalue weighted by molar-refractivity contribution is -0.125. The maximum Gasteiger partial charge on any atom is 0.401 e. The number of hydrogen-bond donors (Lipinski definition) is 2. The number of benzene rings is 1. The molecule has 0 aliphatic heterocycles. The number of nitrogens with zero attached hydrogens (tertiary/aromatic N) is 1. The van der Waals surface area contributed by atoms with Crippen molar-refractivity contribution >= 4 is 0 Å². The topological polar surface area (TPSA) is 54.0 Å². The van der Waals surface area contributed by atoms with Gasteiger partial charge in [-0.15, -0.1) is 0 Å². The van der Waals surface area contributed by atoms with Crippen LogP contribution >= 0.6 is 0 Å². The molecular weight excluding hydrogens is 337 g/mol. The number of ether oxygens (including phenoxy) is 2. The van der Waals surface area contributed by atoms with E-state index in [0.717, 1.165) is 13.1 Å². The van der Waals surface area contributed by atoms with E-state index in [1.165, 1.54) is 7.11 Å². The molecule has 0 fully saturated rings. The Balaban J connectivity index is 2.57. The second-order valence-electron chi connectivity index (χ2n) is 5.65. The smallest absolute Gasteiger partial charge is 0.401 e. The second-order valence-corrected chi connectivity index (χ2v) is 5.65. The summed E-state index contributed by atoms with van der Waals surface area (Å²) in [6.45, 7) is 5.36. The van der Waals surface area contributed by atoms with Gasteiger partial charge in [-0.1, -0.05) is 19.9 Å². The molecule has 0 saturated carbocycles. The van der Waals surface area contributed by atoms with Crippen molar-refractivity contribution in [2.75, 3.05) is 39.9 Å². The van der Waals surface area contributed by atoms with Gasteiger partial charge in [0.1, 0.15) is 12.7 Å². The first-order valence-electron chi connectivity index (χ1n) is 8.26. The van der Waals surface area contributed by atoms with E-state index in [9.17, 15) is 18.3 Å². The predicted octanol–water partition coefficient (Wildman–Crippen LogP) is 2.43. The molecule has 25 heavy (non-hydrogen) atoms. The zero-order valence-electron chi connectivity index (χ0n) is 14.9. The molecule has 1 atom stereocenters. The Hall–Kier alpha value is -1.51. The summed E-state index contributed by atoms with van der Waals surface area (Å²) in [5, 5.41) is 12.4. The molecule has 0 aliphatic rings. The fourth-order valence-electron chi connectivity index (χ4n) is 2.31. The van der Waals surface area contributed by atoms with Crippen LogP contribution in [0.1, 0.15) is 19.4 Å². The molecule has 8 heteroatoms. The summed E-state index contributed by atoms with van der Waals surface area (Å²) in [5.41, 5.74) is 0.650. The van der Waals surface area contributed by atoms with Gasteiger partial charge in [0.2, 0.25) is 0 Å². The van der Waals surface area contributed by atoms with Gasteiger partial charge in [-0.2, -0.15) is 13.2 Å². The molecule has 144 valence electrons. The van der Waals surface area contributed by atoms with Crippen molar-refractivity contribution in [3.63, 3.8) is 0 Å². The Morgan fingerprint density at radius 1 is 1.20 bits per heavy atom. The van der Waals surface area contributed by atoms with Gasteiger partial charge in [-0.3, -0.25) is 0 Å². The lowest BCUT2D eigenvalue weighted by Gasteiger charge is -2.22. The average molecular weight is 364 g/mol. The fraction of sp³-hybridized carbons (Fsp3) is 0.647. The van der Waals surface area contributed by atoms with Crippen LogP contribution in [0.25, 0.3) is 0 Å². The van der Waals surface area contributed by atoms with Crippen LogP contribution in [0.15, 0.2) is 18.2 Å². The number of likely N-dealkylation sites (N-methyl/N-ethyl adjacent to an activating group) is 1. The van der Waals surface area contributed by atoms with E-state index in [4.69, 9.17) is 9.47 Å². The van der Waals surface area contributed by atoms with E-state index in [2.05, 4.69) is 10.2 Å². The number of hydrogen-bond acceptors (Lipinski definition) is 5. The van der Waals surface area contributed by atoms with Crippen molar-refractivity contribution in [1.29, 1.82) is 0 Å². The zero-order chi connectivity index (χ0) is 18.9. The highest BCUT2D eigenvalue weighted by molar-refractivity contribution is 5.43. The third-order valence-corrected chi connectivity index (χ3v) is 3.68. The molecular formula is C17H27F3N2O3. The Bertz CT molecular complexity index is 508. The highest BCUT2D eigenvalue weighted by Crippen LogP contribution is 2.28. The largest absolute Gasteiger partial charge is 0.493 e. The number of halogens is 3. The number of methoxy groups -OCH3 is 1. The van der Waals surface area contributed by atoms with Crippen LogP contribution in [0.4, 0.5) is 13.2 Å². The fourth-order valence-corrected chi connectivity index (χ4v) is 2.31. The number of alkyl halides is 3. The highest BCUT2D eigenvalue weighted by Gasteiger charge is 2.26. The molecule has 0 amide bonds. The third-order valence-electron chi connectivity index (χ3n) is 3.68. The van der Waals surface area contributed by atoms with Crippen LogP contribution in [0.5, 0.6) is 11.5 Å². The van der Waals surface area contributed by atoms with E-state index in [0.29, 0.717) is 23.6 Å². The first-order valence-corrected chi connectivity index (χ1v) is 8.26. The summed E-state index contributed by atoms with van der Waals surface area (Å²) in [7, 11) is 1.46. The van der Waals surface area contributed by atoms with Crippen molar-refractivity contribution in [2.24, 2.45) is 0 Å². The van der Waals surface area contributed by atoms with E-state index < -0.39 is 18.8 Å². The minimum Gasteiger partial charge on any atom is -0.493 e. The molecule has 0 saturated heterocycles. The summed E-state index contributed by atoms with van der Waals surface area (Å²) < 4.78 is 47.3. The number of rotatable bonds is 11. The number of nitrogens with one attached hydrogen (secondary N) is 1.